The molecule has 0 fully saturated rings. The molecule has 0 aliphatic rings. The zero-order valence-corrected chi connectivity index (χ0v) is 15.3. The molecule has 8 nitrogen and oxygen atoms in total. The summed E-state index contributed by atoms with van der Waals surface area (Å²) in [6, 6.07) is 11.2. The van der Waals surface area contributed by atoms with Crippen molar-refractivity contribution in [3.63, 3.8) is 0 Å². The van der Waals surface area contributed by atoms with Gasteiger partial charge in [-0.15, -0.1) is 0 Å². The van der Waals surface area contributed by atoms with E-state index < -0.39 is 23.4 Å². The Kier molecular flexibility index (Phi) is 6.48. The minimum Gasteiger partial charge on any atom is -0.452 e. The first-order chi connectivity index (χ1) is 12.8. The number of benzene rings is 2. The summed E-state index contributed by atoms with van der Waals surface area (Å²) in [7, 11) is 1.57. The number of nitro groups is 1. The van der Waals surface area contributed by atoms with Gasteiger partial charge in [0, 0.05) is 30.6 Å². The van der Waals surface area contributed by atoms with Crippen molar-refractivity contribution >= 4 is 28.9 Å². The van der Waals surface area contributed by atoms with Crippen LogP contribution in [0.4, 0.5) is 17.1 Å². The van der Waals surface area contributed by atoms with E-state index in [0.717, 1.165) is 11.6 Å². The standard InChI is InChI=1S/C19H21N3O5/c1-12(2)13-4-6-14(7-5-13)21-18(23)11-27-19(24)16-10-15(22(25)26)8-9-17(16)20-3/h4-10,12,20H,11H2,1-3H3,(H,21,23). The second-order valence-corrected chi connectivity index (χ2v) is 6.14. The molecule has 142 valence electrons. The predicted molar refractivity (Wildman–Crippen MR) is 102 cm³/mol. The summed E-state index contributed by atoms with van der Waals surface area (Å²) in [5, 5.41) is 16.3. The van der Waals surface area contributed by atoms with Gasteiger partial charge in [-0.25, -0.2) is 4.79 Å². The van der Waals surface area contributed by atoms with Crippen LogP contribution in [0.25, 0.3) is 0 Å². The van der Waals surface area contributed by atoms with Crippen LogP contribution in [-0.2, 0) is 9.53 Å². The van der Waals surface area contributed by atoms with Crippen LogP contribution in [0, 0.1) is 10.1 Å². The van der Waals surface area contributed by atoms with E-state index in [1.165, 1.54) is 12.1 Å². The maximum Gasteiger partial charge on any atom is 0.341 e. The number of anilines is 2. The Hall–Kier alpha value is -3.42. The van der Waals surface area contributed by atoms with Gasteiger partial charge in [-0.05, 0) is 29.7 Å². The summed E-state index contributed by atoms with van der Waals surface area (Å²) < 4.78 is 4.99. The van der Waals surface area contributed by atoms with E-state index in [4.69, 9.17) is 4.74 Å². The molecule has 0 aromatic heterocycles. The highest BCUT2D eigenvalue weighted by Gasteiger charge is 2.18. The molecule has 2 N–H and O–H groups in total. The van der Waals surface area contributed by atoms with Gasteiger partial charge >= 0.3 is 5.97 Å². The highest BCUT2D eigenvalue weighted by molar-refractivity contribution is 5.99. The Labute approximate surface area is 156 Å². The molecule has 8 heteroatoms. The van der Waals surface area contributed by atoms with Crippen molar-refractivity contribution in [3.8, 4) is 0 Å². The maximum atomic E-state index is 12.2. The van der Waals surface area contributed by atoms with E-state index in [1.807, 2.05) is 12.1 Å². The second-order valence-electron chi connectivity index (χ2n) is 6.14. The lowest BCUT2D eigenvalue weighted by molar-refractivity contribution is -0.384. The fraction of sp³-hybridized carbons (Fsp3) is 0.263. The number of ether oxygens (including phenoxy) is 1. The Morgan fingerprint density at radius 1 is 1.15 bits per heavy atom. The van der Waals surface area contributed by atoms with Gasteiger partial charge < -0.3 is 15.4 Å². The number of hydrogen-bond acceptors (Lipinski definition) is 6. The van der Waals surface area contributed by atoms with E-state index in [1.54, 1.807) is 19.2 Å². The van der Waals surface area contributed by atoms with Crippen LogP contribution >= 0.6 is 0 Å². The van der Waals surface area contributed by atoms with E-state index in [-0.39, 0.29) is 11.3 Å². The van der Waals surface area contributed by atoms with Crippen LogP contribution in [0.2, 0.25) is 0 Å². The normalized spacial score (nSPS) is 10.4. The molecule has 1 amide bonds. The van der Waals surface area contributed by atoms with Crippen LogP contribution in [0.3, 0.4) is 0 Å². The van der Waals surface area contributed by atoms with Crippen molar-refractivity contribution in [2.45, 2.75) is 19.8 Å². The predicted octanol–water partition coefficient (Wildman–Crippen LogP) is 3.56. The Morgan fingerprint density at radius 3 is 2.37 bits per heavy atom. The average Bonchev–Trinajstić information content (AvgIpc) is 2.65. The molecule has 0 saturated carbocycles. The molecule has 0 heterocycles. The maximum absolute atomic E-state index is 12.2. The number of hydrogen-bond donors (Lipinski definition) is 2. The number of nitrogens with zero attached hydrogens (tertiary/aromatic N) is 1. The Morgan fingerprint density at radius 2 is 1.81 bits per heavy atom. The zero-order valence-electron chi connectivity index (χ0n) is 15.3. The molecule has 0 unspecified atom stereocenters. The first-order valence-electron chi connectivity index (χ1n) is 8.35. The van der Waals surface area contributed by atoms with Gasteiger partial charge in [0.2, 0.25) is 0 Å². The summed E-state index contributed by atoms with van der Waals surface area (Å²) in [4.78, 5) is 34.5. The minimum absolute atomic E-state index is 0.0132. The van der Waals surface area contributed by atoms with Crippen molar-refractivity contribution in [1.29, 1.82) is 0 Å². The van der Waals surface area contributed by atoms with Crippen molar-refractivity contribution in [3.05, 3.63) is 63.7 Å². The fourth-order valence-corrected chi connectivity index (χ4v) is 2.39. The van der Waals surface area contributed by atoms with E-state index in [2.05, 4.69) is 24.5 Å². The SMILES string of the molecule is CNc1ccc([N+](=O)[O-])cc1C(=O)OCC(=O)Nc1ccc(C(C)C)cc1. The second kappa shape index (κ2) is 8.79. The quantitative estimate of drug-likeness (QED) is 0.437. The first kappa shape index (κ1) is 19.9. The van der Waals surface area contributed by atoms with Gasteiger partial charge in [-0.3, -0.25) is 14.9 Å². The van der Waals surface area contributed by atoms with Crippen LogP contribution in [0.5, 0.6) is 0 Å². The highest BCUT2D eigenvalue weighted by atomic mass is 16.6. The monoisotopic (exact) mass is 371 g/mol. The number of carbonyl (C=O) groups excluding carboxylic acids is 2. The van der Waals surface area contributed by atoms with Gasteiger partial charge in [0.25, 0.3) is 11.6 Å². The van der Waals surface area contributed by atoms with Crippen molar-refractivity contribution in [2.24, 2.45) is 0 Å². The van der Waals surface area contributed by atoms with Gasteiger partial charge in [-0.2, -0.15) is 0 Å². The average molecular weight is 371 g/mol. The molecule has 0 aliphatic heterocycles. The molecule has 27 heavy (non-hydrogen) atoms. The number of nitrogens with one attached hydrogen (secondary N) is 2. The number of non-ortho nitro benzene ring substituents is 1. The summed E-state index contributed by atoms with van der Waals surface area (Å²) in [6.07, 6.45) is 0. The molecule has 0 radical (unpaired) electrons. The Balaban J connectivity index is 1.99. The topological polar surface area (TPSA) is 111 Å². The smallest absolute Gasteiger partial charge is 0.341 e. The molecule has 0 saturated heterocycles. The number of nitro benzene ring substituents is 1. The summed E-state index contributed by atoms with van der Waals surface area (Å²) in [6.45, 7) is 3.64. The van der Waals surface area contributed by atoms with Gasteiger partial charge in [0.1, 0.15) is 0 Å². The molecule has 0 aliphatic carbocycles. The van der Waals surface area contributed by atoms with Crippen molar-refractivity contribution < 1.29 is 19.2 Å². The minimum atomic E-state index is -0.826. The summed E-state index contributed by atoms with van der Waals surface area (Å²) in [5.41, 5.74) is 1.85. The van der Waals surface area contributed by atoms with Gasteiger partial charge in [0.15, 0.2) is 6.61 Å². The molecule has 2 rings (SSSR count). The molecule has 0 spiro atoms. The molecule has 2 aromatic carbocycles. The third kappa shape index (κ3) is 5.27. The first-order valence-corrected chi connectivity index (χ1v) is 8.35. The van der Waals surface area contributed by atoms with Crippen molar-refractivity contribution in [2.75, 3.05) is 24.3 Å². The van der Waals surface area contributed by atoms with E-state index in [0.29, 0.717) is 17.3 Å². The van der Waals surface area contributed by atoms with E-state index in [9.17, 15) is 19.7 Å². The lowest BCUT2D eigenvalue weighted by atomic mass is 10.0. The number of carbonyl (C=O) groups is 2. The summed E-state index contributed by atoms with van der Waals surface area (Å²) >= 11 is 0. The fourth-order valence-electron chi connectivity index (χ4n) is 2.39. The lowest BCUT2D eigenvalue weighted by Crippen LogP contribution is -2.21. The molecule has 2 aromatic rings. The van der Waals surface area contributed by atoms with E-state index >= 15 is 0 Å². The Bertz CT molecular complexity index is 847. The molecule has 0 atom stereocenters. The third-order valence-electron chi connectivity index (χ3n) is 3.90. The summed E-state index contributed by atoms with van der Waals surface area (Å²) in [5.74, 6) is -0.947. The highest BCUT2D eigenvalue weighted by Crippen LogP contribution is 2.22. The largest absolute Gasteiger partial charge is 0.452 e. The third-order valence-corrected chi connectivity index (χ3v) is 3.90. The molecular formula is C19H21N3O5. The van der Waals surface area contributed by atoms with Crippen LogP contribution < -0.4 is 10.6 Å². The van der Waals surface area contributed by atoms with Crippen LogP contribution in [0.15, 0.2) is 42.5 Å². The van der Waals surface area contributed by atoms with Crippen LogP contribution in [0.1, 0.15) is 35.7 Å². The molecular weight excluding hydrogens is 350 g/mol. The molecule has 0 bridgehead atoms. The van der Waals surface area contributed by atoms with Crippen LogP contribution in [-0.4, -0.2) is 30.5 Å². The van der Waals surface area contributed by atoms with Gasteiger partial charge in [-0.1, -0.05) is 26.0 Å². The number of amides is 1. The van der Waals surface area contributed by atoms with Crippen molar-refractivity contribution in [1.82, 2.24) is 0 Å². The zero-order chi connectivity index (χ0) is 20.0. The number of esters is 1. The van der Waals surface area contributed by atoms with Gasteiger partial charge in [0.05, 0.1) is 10.5 Å². The number of rotatable bonds is 7. The lowest BCUT2D eigenvalue weighted by Gasteiger charge is -2.10.